The fourth-order valence-corrected chi connectivity index (χ4v) is 5.59. The first-order chi connectivity index (χ1) is 11.5. The molecular formula is C17H22N2O3S2. The minimum absolute atomic E-state index is 0.0106. The number of amides is 1. The molecule has 7 heteroatoms. The van der Waals surface area contributed by atoms with E-state index in [9.17, 15) is 13.2 Å². The molecular weight excluding hydrogens is 344 g/mol. The summed E-state index contributed by atoms with van der Waals surface area (Å²) in [6, 6.07) is 8.26. The van der Waals surface area contributed by atoms with Crippen LogP contribution in [0.2, 0.25) is 0 Å². The van der Waals surface area contributed by atoms with Crippen LogP contribution in [0.15, 0.2) is 39.6 Å². The lowest BCUT2D eigenvalue weighted by molar-refractivity contribution is -0.128. The van der Waals surface area contributed by atoms with Gasteiger partial charge in [-0.2, -0.15) is 8.42 Å². The molecule has 0 bridgehead atoms. The third-order valence-electron chi connectivity index (χ3n) is 4.52. The molecule has 1 saturated heterocycles. The Morgan fingerprint density at radius 3 is 2.46 bits per heavy atom. The maximum Gasteiger partial charge on any atom is 0.284 e. The van der Waals surface area contributed by atoms with Crippen LogP contribution in [-0.4, -0.2) is 35.7 Å². The van der Waals surface area contributed by atoms with Gasteiger partial charge < -0.3 is 0 Å². The summed E-state index contributed by atoms with van der Waals surface area (Å²) >= 11 is 1.29. The molecule has 0 N–H and O–H groups in total. The average Bonchev–Trinajstić information content (AvgIpc) is 2.91. The molecule has 1 saturated carbocycles. The molecule has 1 aromatic rings. The highest BCUT2D eigenvalue weighted by atomic mass is 32.2. The van der Waals surface area contributed by atoms with E-state index in [0.29, 0.717) is 11.6 Å². The van der Waals surface area contributed by atoms with Gasteiger partial charge >= 0.3 is 0 Å². The van der Waals surface area contributed by atoms with Crippen LogP contribution in [0.5, 0.6) is 0 Å². The maximum atomic E-state index is 12.7. The number of thioether (sulfide) groups is 1. The zero-order chi connectivity index (χ0) is 17.2. The van der Waals surface area contributed by atoms with Crippen LogP contribution < -0.4 is 0 Å². The van der Waals surface area contributed by atoms with Crippen molar-refractivity contribution in [1.29, 1.82) is 0 Å². The number of nitrogens with zero attached hydrogens (tertiary/aromatic N) is 2. The Hall–Kier alpha value is -1.34. The number of sulfonamides is 1. The number of hydrogen-bond donors (Lipinski definition) is 0. The van der Waals surface area contributed by atoms with Gasteiger partial charge in [-0.15, -0.1) is 4.40 Å². The number of carbonyl (C=O) groups excluding carboxylic acids is 1. The van der Waals surface area contributed by atoms with Crippen molar-refractivity contribution in [3.63, 3.8) is 0 Å². The summed E-state index contributed by atoms with van der Waals surface area (Å²) in [6.07, 6.45) is 5.86. The van der Waals surface area contributed by atoms with Crippen molar-refractivity contribution >= 4 is 32.9 Å². The van der Waals surface area contributed by atoms with Gasteiger partial charge in [-0.05, 0) is 31.4 Å². The SMILES string of the molecule is CC[C@@H]1SC(=NS(=O)(=O)c2ccccc2)N(C2CCCCC2)C1=O. The Kier molecular flexibility index (Phi) is 5.30. The quantitative estimate of drug-likeness (QED) is 0.819. The predicted molar refractivity (Wildman–Crippen MR) is 96.5 cm³/mol. The summed E-state index contributed by atoms with van der Waals surface area (Å²) in [6.45, 7) is 1.95. The molecule has 1 aromatic carbocycles. The Bertz CT molecular complexity index is 725. The molecule has 1 amide bonds. The van der Waals surface area contributed by atoms with E-state index in [-0.39, 0.29) is 22.1 Å². The second-order valence-corrected chi connectivity index (χ2v) is 8.95. The van der Waals surface area contributed by atoms with Crippen molar-refractivity contribution in [3.8, 4) is 0 Å². The second kappa shape index (κ2) is 7.27. The Morgan fingerprint density at radius 2 is 1.83 bits per heavy atom. The van der Waals surface area contributed by atoms with Crippen molar-refractivity contribution in [2.75, 3.05) is 0 Å². The average molecular weight is 367 g/mol. The van der Waals surface area contributed by atoms with Gasteiger partial charge in [0.1, 0.15) is 0 Å². The standard InChI is InChI=1S/C17H22N2O3S2/c1-2-15-16(20)19(13-9-5-3-6-10-13)17(23-15)18-24(21,22)14-11-7-4-8-12-14/h4,7-8,11-13,15H,2-3,5-6,9-10H2,1H3/t15-/m0/s1. The summed E-state index contributed by atoms with van der Waals surface area (Å²) in [5.41, 5.74) is 0. The highest BCUT2D eigenvalue weighted by molar-refractivity contribution is 8.16. The highest BCUT2D eigenvalue weighted by Crippen LogP contribution is 2.36. The third kappa shape index (κ3) is 3.52. The highest BCUT2D eigenvalue weighted by Gasteiger charge is 2.42. The minimum Gasteiger partial charge on any atom is -0.287 e. The summed E-state index contributed by atoms with van der Waals surface area (Å²) < 4.78 is 29.2. The summed E-state index contributed by atoms with van der Waals surface area (Å²) in [4.78, 5) is 14.5. The molecule has 1 aliphatic heterocycles. The molecule has 1 aliphatic carbocycles. The molecule has 2 fully saturated rings. The summed E-state index contributed by atoms with van der Waals surface area (Å²) in [5.74, 6) is 0.0106. The molecule has 0 spiro atoms. The van der Waals surface area contributed by atoms with Gasteiger partial charge in [-0.3, -0.25) is 9.69 Å². The van der Waals surface area contributed by atoms with E-state index >= 15 is 0 Å². The maximum absolute atomic E-state index is 12.7. The van der Waals surface area contributed by atoms with Crippen LogP contribution in [0.4, 0.5) is 0 Å². The minimum atomic E-state index is -3.80. The number of amidine groups is 1. The van der Waals surface area contributed by atoms with Gasteiger partial charge in [0.15, 0.2) is 5.17 Å². The van der Waals surface area contributed by atoms with Crippen molar-refractivity contribution in [2.45, 2.75) is 61.6 Å². The first kappa shape index (κ1) is 17.5. The molecule has 0 aromatic heterocycles. The van der Waals surface area contributed by atoms with Crippen LogP contribution >= 0.6 is 11.8 Å². The van der Waals surface area contributed by atoms with Crippen LogP contribution in [0.25, 0.3) is 0 Å². The zero-order valence-electron chi connectivity index (χ0n) is 13.7. The van der Waals surface area contributed by atoms with Crippen LogP contribution in [0, 0.1) is 0 Å². The molecule has 0 unspecified atom stereocenters. The Morgan fingerprint density at radius 1 is 1.17 bits per heavy atom. The van der Waals surface area contributed by atoms with Gasteiger partial charge in [0.05, 0.1) is 10.1 Å². The lowest BCUT2D eigenvalue weighted by Crippen LogP contribution is -2.42. The van der Waals surface area contributed by atoms with E-state index in [1.807, 2.05) is 6.92 Å². The number of carbonyl (C=O) groups is 1. The normalized spacial score (nSPS) is 24.7. The van der Waals surface area contributed by atoms with Crippen molar-refractivity contribution in [1.82, 2.24) is 4.90 Å². The van der Waals surface area contributed by atoms with Crippen LogP contribution in [0.1, 0.15) is 45.4 Å². The smallest absolute Gasteiger partial charge is 0.284 e. The van der Waals surface area contributed by atoms with Crippen molar-refractivity contribution in [2.24, 2.45) is 4.40 Å². The molecule has 130 valence electrons. The molecule has 5 nitrogen and oxygen atoms in total. The number of benzene rings is 1. The van der Waals surface area contributed by atoms with E-state index in [2.05, 4.69) is 4.40 Å². The molecule has 24 heavy (non-hydrogen) atoms. The van der Waals surface area contributed by atoms with Crippen molar-refractivity contribution < 1.29 is 13.2 Å². The predicted octanol–water partition coefficient (Wildman–Crippen LogP) is 3.42. The van der Waals surface area contributed by atoms with Crippen LogP contribution in [0.3, 0.4) is 0 Å². The Balaban J connectivity index is 1.95. The Labute approximate surface area is 147 Å². The summed E-state index contributed by atoms with van der Waals surface area (Å²) in [7, 11) is -3.80. The van der Waals surface area contributed by atoms with Gasteiger partial charge in [-0.25, -0.2) is 0 Å². The zero-order valence-corrected chi connectivity index (χ0v) is 15.4. The lowest BCUT2D eigenvalue weighted by Gasteiger charge is -2.30. The molecule has 3 rings (SSSR count). The van der Waals surface area contributed by atoms with E-state index in [1.165, 1.54) is 30.3 Å². The van der Waals surface area contributed by atoms with Gasteiger partial charge in [0.2, 0.25) is 5.91 Å². The fraction of sp³-hybridized carbons (Fsp3) is 0.529. The largest absolute Gasteiger partial charge is 0.287 e. The second-order valence-electron chi connectivity index (χ2n) is 6.18. The van der Waals surface area contributed by atoms with E-state index in [0.717, 1.165) is 25.7 Å². The van der Waals surface area contributed by atoms with Crippen LogP contribution in [-0.2, 0) is 14.8 Å². The first-order valence-corrected chi connectivity index (χ1v) is 10.7. The number of rotatable bonds is 4. The molecule has 0 radical (unpaired) electrons. The van der Waals surface area contributed by atoms with Gasteiger partial charge in [-0.1, -0.05) is 56.1 Å². The van der Waals surface area contributed by atoms with Gasteiger partial charge in [0, 0.05) is 6.04 Å². The lowest BCUT2D eigenvalue weighted by atomic mass is 9.94. The van der Waals surface area contributed by atoms with Gasteiger partial charge in [0.25, 0.3) is 10.0 Å². The summed E-state index contributed by atoms with van der Waals surface area (Å²) in [5, 5.41) is 0.124. The topological polar surface area (TPSA) is 66.8 Å². The fourth-order valence-electron chi connectivity index (χ4n) is 3.23. The molecule has 2 aliphatic rings. The van der Waals surface area contributed by atoms with E-state index in [1.54, 1.807) is 23.1 Å². The molecule has 1 heterocycles. The molecule has 1 atom stereocenters. The number of hydrogen-bond acceptors (Lipinski definition) is 4. The first-order valence-electron chi connectivity index (χ1n) is 8.42. The van der Waals surface area contributed by atoms with E-state index < -0.39 is 10.0 Å². The van der Waals surface area contributed by atoms with E-state index in [4.69, 9.17) is 0 Å². The monoisotopic (exact) mass is 366 g/mol. The van der Waals surface area contributed by atoms with Crippen molar-refractivity contribution in [3.05, 3.63) is 30.3 Å². The third-order valence-corrected chi connectivity index (χ3v) is 7.23.